The molecule has 4 nitrogen and oxygen atoms in total. The average Bonchev–Trinajstić information content (AvgIpc) is 2.35. The molecule has 0 aromatic carbocycles. The average molecular weight is 295 g/mol. The van der Waals surface area contributed by atoms with Gasteiger partial charge in [0.05, 0.1) is 6.04 Å². The number of carbonyl (C=O) groups excluding carboxylic acids is 1. The van der Waals surface area contributed by atoms with Crippen molar-refractivity contribution >= 4 is 6.09 Å². The van der Waals surface area contributed by atoms with Gasteiger partial charge in [-0.2, -0.15) is 0 Å². The van der Waals surface area contributed by atoms with E-state index in [1.165, 1.54) is 12.0 Å². The molecule has 0 aliphatic carbocycles. The van der Waals surface area contributed by atoms with Crippen molar-refractivity contribution in [3.05, 3.63) is 11.6 Å². The summed E-state index contributed by atoms with van der Waals surface area (Å²) in [4.78, 5) is 14.4. The SMILES string of the molecule is COCCCC1=CC2CCCC(C1)N2C(=O)OC(C)(C)C. The van der Waals surface area contributed by atoms with Crippen LogP contribution < -0.4 is 0 Å². The molecule has 2 atom stereocenters. The van der Waals surface area contributed by atoms with Crippen LogP contribution in [0.4, 0.5) is 4.79 Å². The summed E-state index contributed by atoms with van der Waals surface area (Å²) in [6.07, 6.45) is 8.66. The maximum atomic E-state index is 12.4. The molecule has 0 spiro atoms. The van der Waals surface area contributed by atoms with Gasteiger partial charge in [-0.05, 0) is 59.3 Å². The third-order valence-electron chi connectivity index (χ3n) is 4.16. The number of hydrogen-bond acceptors (Lipinski definition) is 3. The zero-order chi connectivity index (χ0) is 15.5. The quantitative estimate of drug-likeness (QED) is 0.583. The zero-order valence-electron chi connectivity index (χ0n) is 13.9. The molecule has 2 unspecified atom stereocenters. The van der Waals surface area contributed by atoms with E-state index in [1.807, 2.05) is 25.7 Å². The summed E-state index contributed by atoms with van der Waals surface area (Å²) in [5.74, 6) is 0. The summed E-state index contributed by atoms with van der Waals surface area (Å²) in [5, 5.41) is 0. The zero-order valence-corrected chi connectivity index (χ0v) is 13.9. The Hall–Kier alpha value is -1.03. The summed E-state index contributed by atoms with van der Waals surface area (Å²) >= 11 is 0. The predicted octanol–water partition coefficient (Wildman–Crippen LogP) is 3.90. The van der Waals surface area contributed by atoms with E-state index in [0.29, 0.717) is 6.04 Å². The van der Waals surface area contributed by atoms with E-state index < -0.39 is 5.60 Å². The first-order valence-corrected chi connectivity index (χ1v) is 8.10. The Morgan fingerprint density at radius 1 is 1.38 bits per heavy atom. The molecule has 2 bridgehead atoms. The first-order chi connectivity index (χ1) is 9.90. The van der Waals surface area contributed by atoms with E-state index in [1.54, 1.807) is 7.11 Å². The highest BCUT2D eigenvalue weighted by Crippen LogP contribution is 2.35. The number of nitrogens with zero attached hydrogens (tertiary/aromatic N) is 1. The lowest BCUT2D eigenvalue weighted by Gasteiger charge is -2.45. The van der Waals surface area contributed by atoms with E-state index in [-0.39, 0.29) is 12.1 Å². The molecule has 2 aliphatic heterocycles. The molecule has 1 saturated heterocycles. The summed E-state index contributed by atoms with van der Waals surface area (Å²) in [5.41, 5.74) is 1.06. The van der Waals surface area contributed by atoms with Crippen LogP contribution in [0.1, 0.15) is 59.3 Å². The second kappa shape index (κ2) is 6.82. The second-order valence-corrected chi connectivity index (χ2v) is 7.17. The molecule has 1 amide bonds. The van der Waals surface area contributed by atoms with Crippen LogP contribution in [0.3, 0.4) is 0 Å². The first kappa shape index (κ1) is 16.3. The van der Waals surface area contributed by atoms with Crippen molar-refractivity contribution < 1.29 is 14.3 Å². The fourth-order valence-electron chi connectivity index (χ4n) is 3.35. The number of rotatable bonds is 4. The minimum Gasteiger partial charge on any atom is -0.444 e. The maximum absolute atomic E-state index is 12.4. The van der Waals surface area contributed by atoms with Gasteiger partial charge in [-0.1, -0.05) is 11.6 Å². The number of ether oxygens (including phenoxy) is 2. The highest BCUT2D eigenvalue weighted by Gasteiger charge is 2.38. The molecule has 0 radical (unpaired) electrons. The van der Waals surface area contributed by atoms with Gasteiger partial charge in [0.15, 0.2) is 0 Å². The molecule has 0 aromatic heterocycles. The number of piperidine rings is 1. The highest BCUT2D eigenvalue weighted by molar-refractivity contribution is 5.70. The predicted molar refractivity (Wildman–Crippen MR) is 83.3 cm³/mol. The topological polar surface area (TPSA) is 38.8 Å². The number of amides is 1. The van der Waals surface area contributed by atoms with Crippen LogP contribution in [0.5, 0.6) is 0 Å². The van der Waals surface area contributed by atoms with Gasteiger partial charge in [-0.15, -0.1) is 0 Å². The second-order valence-electron chi connectivity index (χ2n) is 7.17. The summed E-state index contributed by atoms with van der Waals surface area (Å²) in [6.45, 7) is 6.59. The molecule has 21 heavy (non-hydrogen) atoms. The summed E-state index contributed by atoms with van der Waals surface area (Å²) in [6, 6.07) is 0.547. The van der Waals surface area contributed by atoms with Crippen molar-refractivity contribution in [2.45, 2.75) is 77.0 Å². The van der Waals surface area contributed by atoms with Gasteiger partial charge in [0.2, 0.25) is 0 Å². The lowest BCUT2D eigenvalue weighted by atomic mass is 9.84. The Morgan fingerprint density at radius 2 is 2.14 bits per heavy atom. The standard InChI is InChI=1S/C17H29NO3/c1-17(2,3)21-16(19)18-14-8-5-9-15(18)12-13(11-14)7-6-10-20-4/h11,14-15H,5-10,12H2,1-4H3. The highest BCUT2D eigenvalue weighted by atomic mass is 16.6. The van der Waals surface area contributed by atoms with Crippen molar-refractivity contribution in [1.29, 1.82) is 0 Å². The van der Waals surface area contributed by atoms with Gasteiger partial charge in [0.1, 0.15) is 5.60 Å². The molecule has 0 aromatic rings. The van der Waals surface area contributed by atoms with Crippen LogP contribution in [0.25, 0.3) is 0 Å². The van der Waals surface area contributed by atoms with Crippen LogP contribution >= 0.6 is 0 Å². The molecule has 0 saturated carbocycles. The third kappa shape index (κ3) is 4.47. The number of carbonyl (C=O) groups is 1. The van der Waals surface area contributed by atoms with Gasteiger partial charge in [-0.3, -0.25) is 4.90 Å². The van der Waals surface area contributed by atoms with Crippen LogP contribution in [0.2, 0.25) is 0 Å². The summed E-state index contributed by atoms with van der Waals surface area (Å²) in [7, 11) is 1.74. The lowest BCUT2D eigenvalue weighted by molar-refractivity contribution is -0.00164. The van der Waals surface area contributed by atoms with Crippen LogP contribution in [0.15, 0.2) is 11.6 Å². The van der Waals surface area contributed by atoms with Crippen molar-refractivity contribution in [3.63, 3.8) is 0 Å². The van der Waals surface area contributed by atoms with Crippen molar-refractivity contribution in [2.24, 2.45) is 0 Å². The largest absolute Gasteiger partial charge is 0.444 e. The van der Waals surface area contributed by atoms with E-state index in [2.05, 4.69) is 6.08 Å². The third-order valence-corrected chi connectivity index (χ3v) is 4.16. The Morgan fingerprint density at radius 3 is 2.76 bits per heavy atom. The smallest absolute Gasteiger partial charge is 0.411 e. The Bertz CT molecular complexity index is 397. The Labute approximate surface area is 128 Å². The monoisotopic (exact) mass is 295 g/mol. The number of fused-ring (bicyclic) bond motifs is 2. The first-order valence-electron chi connectivity index (χ1n) is 8.10. The van der Waals surface area contributed by atoms with E-state index in [4.69, 9.17) is 9.47 Å². The van der Waals surface area contributed by atoms with Crippen molar-refractivity contribution in [1.82, 2.24) is 4.90 Å². The van der Waals surface area contributed by atoms with Crippen molar-refractivity contribution in [3.8, 4) is 0 Å². The maximum Gasteiger partial charge on any atom is 0.411 e. The number of methoxy groups -OCH3 is 1. The van der Waals surface area contributed by atoms with Gasteiger partial charge >= 0.3 is 6.09 Å². The molecule has 1 fully saturated rings. The minimum atomic E-state index is -0.423. The Balaban J connectivity index is 2.03. The molecule has 4 heteroatoms. The Kier molecular flexibility index (Phi) is 5.31. The lowest BCUT2D eigenvalue weighted by Crippen LogP contribution is -2.53. The van der Waals surface area contributed by atoms with E-state index in [9.17, 15) is 4.79 Å². The number of hydrogen-bond donors (Lipinski definition) is 0. The molecule has 2 rings (SSSR count). The molecular weight excluding hydrogens is 266 g/mol. The van der Waals surface area contributed by atoms with Crippen molar-refractivity contribution in [2.75, 3.05) is 13.7 Å². The van der Waals surface area contributed by atoms with E-state index in [0.717, 1.165) is 38.7 Å². The van der Waals surface area contributed by atoms with Gasteiger partial charge < -0.3 is 9.47 Å². The fourth-order valence-corrected chi connectivity index (χ4v) is 3.35. The molecule has 0 N–H and O–H groups in total. The minimum absolute atomic E-state index is 0.149. The normalized spacial score (nSPS) is 25.5. The molecule has 2 heterocycles. The van der Waals surface area contributed by atoms with Crippen LogP contribution in [-0.4, -0.2) is 42.4 Å². The van der Waals surface area contributed by atoms with Crippen LogP contribution in [0, 0.1) is 0 Å². The molecular formula is C17H29NO3. The van der Waals surface area contributed by atoms with Gasteiger partial charge in [-0.25, -0.2) is 4.79 Å². The van der Waals surface area contributed by atoms with E-state index >= 15 is 0 Å². The van der Waals surface area contributed by atoms with Gasteiger partial charge in [0.25, 0.3) is 0 Å². The fraction of sp³-hybridized carbons (Fsp3) is 0.824. The van der Waals surface area contributed by atoms with Crippen LogP contribution in [-0.2, 0) is 9.47 Å². The van der Waals surface area contributed by atoms with Gasteiger partial charge in [0, 0.05) is 19.8 Å². The molecule has 2 aliphatic rings. The summed E-state index contributed by atoms with van der Waals surface area (Å²) < 4.78 is 10.7. The molecule has 120 valence electrons.